The third kappa shape index (κ3) is 3.21. The Hall–Kier alpha value is -1.59. The average molecular weight is 261 g/mol. The summed E-state index contributed by atoms with van der Waals surface area (Å²) < 4.78 is 48.4. The third-order valence-corrected chi connectivity index (χ3v) is 2.89. The molecular formula is C12H11F4NO. The van der Waals surface area contributed by atoms with Gasteiger partial charge in [-0.05, 0) is 30.0 Å². The summed E-state index contributed by atoms with van der Waals surface area (Å²) in [7, 11) is 0. The van der Waals surface area contributed by atoms with Crippen molar-refractivity contribution in [3.8, 4) is 0 Å². The minimum atomic E-state index is -4.39. The summed E-state index contributed by atoms with van der Waals surface area (Å²) >= 11 is 0. The molecule has 2 unspecified atom stereocenters. The monoisotopic (exact) mass is 261 g/mol. The second kappa shape index (κ2) is 4.59. The maximum atomic E-state index is 12.7. The lowest BCUT2D eigenvalue weighted by atomic mass is 10.1. The number of hydrogen-bond acceptors (Lipinski definition) is 1. The van der Waals surface area contributed by atoms with Gasteiger partial charge in [0, 0.05) is 5.92 Å². The van der Waals surface area contributed by atoms with Crippen molar-refractivity contribution in [3.05, 3.63) is 35.6 Å². The van der Waals surface area contributed by atoms with E-state index in [1.165, 1.54) is 12.1 Å². The van der Waals surface area contributed by atoms with Gasteiger partial charge in [-0.1, -0.05) is 12.1 Å². The van der Waals surface area contributed by atoms with Crippen molar-refractivity contribution in [2.45, 2.75) is 18.5 Å². The van der Waals surface area contributed by atoms with Gasteiger partial charge < -0.3 is 5.32 Å². The van der Waals surface area contributed by atoms with Crippen molar-refractivity contribution in [3.63, 3.8) is 0 Å². The van der Waals surface area contributed by atoms with Gasteiger partial charge in [0.15, 0.2) is 0 Å². The van der Waals surface area contributed by atoms with Gasteiger partial charge in [-0.3, -0.25) is 4.79 Å². The normalized spacial score (nSPS) is 22.7. The summed E-state index contributed by atoms with van der Waals surface area (Å²) in [6, 6.07) is 5.66. The van der Waals surface area contributed by atoms with E-state index in [0.717, 1.165) is 5.56 Å². The highest BCUT2D eigenvalue weighted by Crippen LogP contribution is 2.47. The number of hydrogen-bond donors (Lipinski definition) is 1. The molecule has 0 spiro atoms. The van der Waals surface area contributed by atoms with Gasteiger partial charge in [0.25, 0.3) is 0 Å². The van der Waals surface area contributed by atoms with E-state index < -0.39 is 24.5 Å². The summed E-state index contributed by atoms with van der Waals surface area (Å²) in [4.78, 5) is 11.4. The maximum Gasteiger partial charge on any atom is 0.405 e. The minimum absolute atomic E-state index is 0.0983. The first-order chi connectivity index (χ1) is 8.37. The van der Waals surface area contributed by atoms with Crippen molar-refractivity contribution >= 4 is 5.91 Å². The van der Waals surface area contributed by atoms with E-state index in [9.17, 15) is 22.4 Å². The topological polar surface area (TPSA) is 29.1 Å². The van der Waals surface area contributed by atoms with Crippen molar-refractivity contribution in [2.75, 3.05) is 6.54 Å². The van der Waals surface area contributed by atoms with E-state index in [1.807, 2.05) is 5.32 Å². The van der Waals surface area contributed by atoms with E-state index in [4.69, 9.17) is 0 Å². The maximum absolute atomic E-state index is 12.7. The van der Waals surface area contributed by atoms with Crippen LogP contribution >= 0.6 is 0 Å². The van der Waals surface area contributed by atoms with Crippen LogP contribution in [0.2, 0.25) is 0 Å². The quantitative estimate of drug-likeness (QED) is 0.832. The molecule has 1 aliphatic rings. The Bertz CT molecular complexity index is 440. The molecular weight excluding hydrogens is 250 g/mol. The fourth-order valence-electron chi connectivity index (χ4n) is 1.88. The number of carbonyl (C=O) groups excluding carboxylic acids is 1. The lowest BCUT2D eigenvalue weighted by Crippen LogP contribution is -2.34. The number of alkyl halides is 3. The van der Waals surface area contributed by atoms with Gasteiger partial charge in [0.05, 0.1) is 0 Å². The molecule has 1 saturated carbocycles. The van der Waals surface area contributed by atoms with Crippen LogP contribution in [0.5, 0.6) is 0 Å². The van der Waals surface area contributed by atoms with Crippen LogP contribution in [0.25, 0.3) is 0 Å². The second-order valence-corrected chi connectivity index (χ2v) is 4.33. The molecule has 1 N–H and O–H groups in total. The highest BCUT2D eigenvalue weighted by molar-refractivity contribution is 5.82. The lowest BCUT2D eigenvalue weighted by molar-refractivity contribution is -0.139. The van der Waals surface area contributed by atoms with Crippen molar-refractivity contribution in [2.24, 2.45) is 5.92 Å². The van der Waals surface area contributed by atoms with Crippen LogP contribution in [-0.4, -0.2) is 18.6 Å². The number of amides is 1. The fourth-order valence-corrected chi connectivity index (χ4v) is 1.88. The van der Waals surface area contributed by atoms with Gasteiger partial charge >= 0.3 is 6.18 Å². The first-order valence-electron chi connectivity index (χ1n) is 5.47. The molecule has 0 bridgehead atoms. The molecule has 2 rings (SSSR count). The number of carbonyl (C=O) groups is 1. The Kier molecular flexibility index (Phi) is 3.28. The Morgan fingerprint density at radius 3 is 2.44 bits per heavy atom. The van der Waals surface area contributed by atoms with Crippen molar-refractivity contribution < 1.29 is 22.4 Å². The molecule has 0 heterocycles. The summed E-state index contributed by atoms with van der Waals surface area (Å²) in [5, 5.41) is 1.86. The van der Waals surface area contributed by atoms with E-state index >= 15 is 0 Å². The highest BCUT2D eigenvalue weighted by Gasteiger charge is 2.44. The van der Waals surface area contributed by atoms with Crippen LogP contribution in [0.1, 0.15) is 17.9 Å². The first kappa shape index (κ1) is 12.9. The summed E-state index contributed by atoms with van der Waals surface area (Å²) in [6.45, 7) is -1.31. The Balaban J connectivity index is 1.87. The lowest BCUT2D eigenvalue weighted by Gasteiger charge is -2.08. The zero-order valence-corrected chi connectivity index (χ0v) is 9.30. The van der Waals surface area contributed by atoms with Crippen LogP contribution in [0, 0.1) is 11.7 Å². The van der Waals surface area contributed by atoms with Crippen LogP contribution in [-0.2, 0) is 4.79 Å². The Morgan fingerprint density at radius 2 is 1.89 bits per heavy atom. The van der Waals surface area contributed by atoms with E-state index in [0.29, 0.717) is 6.42 Å². The zero-order valence-electron chi connectivity index (χ0n) is 9.30. The fraction of sp³-hybridized carbons (Fsp3) is 0.417. The molecule has 98 valence electrons. The first-order valence-corrected chi connectivity index (χ1v) is 5.47. The van der Waals surface area contributed by atoms with Crippen LogP contribution in [0.3, 0.4) is 0 Å². The number of nitrogens with one attached hydrogen (secondary N) is 1. The van der Waals surface area contributed by atoms with Gasteiger partial charge in [0.1, 0.15) is 12.4 Å². The molecule has 1 aromatic rings. The predicted molar refractivity (Wildman–Crippen MR) is 56.3 cm³/mol. The molecule has 1 aromatic carbocycles. The Morgan fingerprint density at radius 1 is 1.28 bits per heavy atom. The number of halogens is 4. The van der Waals surface area contributed by atoms with Crippen molar-refractivity contribution in [1.29, 1.82) is 0 Å². The van der Waals surface area contributed by atoms with Crippen LogP contribution < -0.4 is 5.32 Å². The highest BCUT2D eigenvalue weighted by atomic mass is 19.4. The predicted octanol–water partition coefficient (Wildman–Crippen LogP) is 2.61. The molecule has 0 saturated heterocycles. The molecule has 1 aliphatic carbocycles. The number of benzene rings is 1. The minimum Gasteiger partial charge on any atom is -0.347 e. The van der Waals surface area contributed by atoms with Crippen LogP contribution in [0.4, 0.5) is 17.6 Å². The molecule has 1 amide bonds. The van der Waals surface area contributed by atoms with E-state index in [-0.39, 0.29) is 11.7 Å². The van der Waals surface area contributed by atoms with Crippen LogP contribution in [0.15, 0.2) is 24.3 Å². The third-order valence-electron chi connectivity index (χ3n) is 2.89. The molecule has 6 heteroatoms. The van der Waals surface area contributed by atoms with E-state index in [1.54, 1.807) is 12.1 Å². The van der Waals surface area contributed by atoms with E-state index in [2.05, 4.69) is 0 Å². The summed E-state index contributed by atoms with van der Waals surface area (Å²) in [6.07, 6.45) is -3.88. The van der Waals surface area contributed by atoms with Gasteiger partial charge in [-0.2, -0.15) is 13.2 Å². The molecule has 2 atom stereocenters. The summed E-state index contributed by atoms with van der Waals surface area (Å²) in [5.74, 6) is -1.50. The Labute approximate surface area is 101 Å². The van der Waals surface area contributed by atoms with Gasteiger partial charge in [0.2, 0.25) is 5.91 Å². The average Bonchev–Trinajstić information content (AvgIpc) is 3.06. The molecule has 18 heavy (non-hydrogen) atoms. The summed E-state index contributed by atoms with van der Waals surface area (Å²) in [5.41, 5.74) is 0.781. The SMILES string of the molecule is O=C(NCC(F)(F)F)C1CC1c1ccc(F)cc1. The molecule has 2 nitrogen and oxygen atoms in total. The smallest absolute Gasteiger partial charge is 0.347 e. The van der Waals surface area contributed by atoms with Crippen molar-refractivity contribution in [1.82, 2.24) is 5.32 Å². The molecule has 1 fully saturated rings. The van der Waals surface area contributed by atoms with Gasteiger partial charge in [-0.25, -0.2) is 4.39 Å². The van der Waals surface area contributed by atoms with Gasteiger partial charge in [-0.15, -0.1) is 0 Å². The largest absolute Gasteiger partial charge is 0.405 e. The molecule has 0 aromatic heterocycles. The standard InChI is InChI=1S/C12H11F4NO/c13-8-3-1-7(2-4-8)9-5-10(9)11(18)17-6-12(14,15)16/h1-4,9-10H,5-6H2,(H,17,18). The molecule has 0 radical (unpaired) electrons. The molecule has 0 aliphatic heterocycles. The number of rotatable bonds is 3. The second-order valence-electron chi connectivity index (χ2n) is 4.33. The zero-order chi connectivity index (χ0) is 13.3.